The molecule has 1 heterocycles. The van der Waals surface area contributed by atoms with Crippen molar-refractivity contribution in [3.63, 3.8) is 0 Å². The average Bonchev–Trinajstić information content (AvgIpc) is 3.18. The number of hydrogen-bond donors (Lipinski definition) is 0. The van der Waals surface area contributed by atoms with Crippen LogP contribution in [0.4, 0.5) is 0 Å². The van der Waals surface area contributed by atoms with E-state index in [1.54, 1.807) is 30.3 Å². The van der Waals surface area contributed by atoms with Crippen LogP contribution in [0.1, 0.15) is 50.8 Å². The predicted octanol–water partition coefficient (Wildman–Crippen LogP) is 2.51. The molecule has 0 saturated carbocycles. The quantitative estimate of drug-likeness (QED) is 0.444. The van der Waals surface area contributed by atoms with Gasteiger partial charge in [0.15, 0.2) is 6.10 Å². The van der Waals surface area contributed by atoms with Crippen molar-refractivity contribution >= 4 is 23.6 Å². The summed E-state index contributed by atoms with van der Waals surface area (Å²) in [6, 6.07) is 12.4. The molecule has 2 aromatic carbocycles. The second-order valence-corrected chi connectivity index (χ2v) is 7.45. The maximum Gasteiger partial charge on any atom is 0.326 e. The zero-order valence-electron chi connectivity index (χ0n) is 16.1. The van der Waals surface area contributed by atoms with Crippen LogP contribution in [0, 0.1) is 0 Å². The molecule has 4 rings (SSSR count). The van der Waals surface area contributed by atoms with Gasteiger partial charge >= 0.3 is 5.97 Å². The average molecular weight is 391 g/mol. The topological polar surface area (TPSA) is 80.8 Å². The van der Waals surface area contributed by atoms with Gasteiger partial charge in [-0.1, -0.05) is 30.3 Å². The van der Waals surface area contributed by atoms with Gasteiger partial charge in [-0.25, -0.2) is 0 Å². The third-order valence-electron chi connectivity index (χ3n) is 5.48. The number of benzene rings is 2. The summed E-state index contributed by atoms with van der Waals surface area (Å²) in [6.45, 7) is 0.996. The fourth-order valence-electron chi connectivity index (χ4n) is 3.94. The lowest BCUT2D eigenvalue weighted by atomic mass is 9.98. The van der Waals surface area contributed by atoms with Crippen LogP contribution in [-0.2, 0) is 33.6 Å². The van der Waals surface area contributed by atoms with E-state index in [0.29, 0.717) is 16.7 Å². The molecule has 2 aliphatic rings. The zero-order valence-corrected chi connectivity index (χ0v) is 16.1. The van der Waals surface area contributed by atoms with E-state index in [1.165, 1.54) is 12.5 Å². The van der Waals surface area contributed by atoms with Gasteiger partial charge in [-0.15, -0.1) is 0 Å². The molecule has 1 aliphatic carbocycles. The molecule has 6 heteroatoms. The van der Waals surface area contributed by atoms with Gasteiger partial charge < -0.3 is 4.74 Å². The Hall–Kier alpha value is -3.28. The zero-order chi connectivity index (χ0) is 20.5. The molecule has 0 saturated heterocycles. The van der Waals surface area contributed by atoms with Gasteiger partial charge in [-0.05, 0) is 55.0 Å². The maximum absolute atomic E-state index is 12.6. The third-order valence-corrected chi connectivity index (χ3v) is 5.48. The van der Waals surface area contributed by atoms with Crippen LogP contribution in [0.3, 0.4) is 0 Å². The van der Waals surface area contributed by atoms with E-state index >= 15 is 0 Å². The van der Waals surface area contributed by atoms with Crippen molar-refractivity contribution in [2.45, 2.75) is 38.7 Å². The maximum atomic E-state index is 12.6. The number of imide groups is 1. The van der Waals surface area contributed by atoms with Crippen molar-refractivity contribution in [1.29, 1.82) is 0 Å². The Labute approximate surface area is 168 Å². The predicted molar refractivity (Wildman–Crippen MR) is 105 cm³/mol. The van der Waals surface area contributed by atoms with Gasteiger partial charge in [0.1, 0.15) is 6.54 Å². The van der Waals surface area contributed by atoms with E-state index in [9.17, 15) is 19.2 Å². The van der Waals surface area contributed by atoms with Crippen LogP contribution < -0.4 is 0 Å². The third kappa shape index (κ3) is 3.70. The largest absolute Gasteiger partial charge is 0.453 e. The fourth-order valence-corrected chi connectivity index (χ4v) is 3.94. The van der Waals surface area contributed by atoms with E-state index in [1.807, 2.05) is 12.1 Å². The van der Waals surface area contributed by atoms with Crippen LogP contribution in [0.15, 0.2) is 42.5 Å². The summed E-state index contributed by atoms with van der Waals surface area (Å²) in [6.07, 6.45) is 2.11. The molecule has 0 bridgehead atoms. The summed E-state index contributed by atoms with van der Waals surface area (Å²) in [5.41, 5.74) is 3.98. The molecule has 6 nitrogen and oxygen atoms in total. The van der Waals surface area contributed by atoms with Crippen molar-refractivity contribution < 1.29 is 23.9 Å². The normalized spacial score (nSPS) is 16.2. The lowest BCUT2D eigenvalue weighted by Crippen LogP contribution is -2.46. The number of carbonyl (C=O) groups excluding carboxylic acids is 4. The first-order valence-corrected chi connectivity index (χ1v) is 9.72. The molecule has 0 fully saturated rings. The standard InChI is InChI=1S/C23H21NO5/c1-14(22(27)18-10-9-15-6-4-7-16(15)11-18)29-21(26)13-24-20(25)12-17-5-2-3-8-19(17)23(24)28/h2-3,5,8-11,14H,4,6-7,12-13H2,1H3/t14-/m1/s1. The van der Waals surface area contributed by atoms with Gasteiger partial charge in [0.2, 0.25) is 11.7 Å². The summed E-state index contributed by atoms with van der Waals surface area (Å²) >= 11 is 0. The summed E-state index contributed by atoms with van der Waals surface area (Å²) in [5.74, 6) is -2.06. The Morgan fingerprint density at radius 3 is 2.62 bits per heavy atom. The first-order chi connectivity index (χ1) is 13.9. The molecule has 2 amide bonds. The number of carbonyl (C=O) groups is 4. The first kappa shape index (κ1) is 19.1. The summed E-state index contributed by atoms with van der Waals surface area (Å²) in [7, 11) is 0. The van der Waals surface area contributed by atoms with Crippen LogP contribution in [-0.4, -0.2) is 41.1 Å². The van der Waals surface area contributed by atoms with Crippen molar-refractivity contribution in [2.75, 3.05) is 6.54 Å². The first-order valence-electron chi connectivity index (χ1n) is 9.72. The van der Waals surface area contributed by atoms with Crippen molar-refractivity contribution in [3.8, 4) is 0 Å². The molecule has 0 N–H and O–H groups in total. The lowest BCUT2D eigenvalue weighted by Gasteiger charge is -2.26. The van der Waals surface area contributed by atoms with Crippen LogP contribution in [0.2, 0.25) is 0 Å². The van der Waals surface area contributed by atoms with E-state index in [2.05, 4.69) is 0 Å². The van der Waals surface area contributed by atoms with Crippen molar-refractivity contribution in [1.82, 2.24) is 4.90 Å². The fraction of sp³-hybridized carbons (Fsp3) is 0.304. The lowest BCUT2D eigenvalue weighted by molar-refractivity contribution is -0.150. The van der Waals surface area contributed by atoms with Crippen LogP contribution in [0.5, 0.6) is 0 Å². The number of ketones is 1. The second-order valence-electron chi connectivity index (χ2n) is 7.45. The Bertz CT molecular complexity index is 1030. The van der Waals surface area contributed by atoms with E-state index in [0.717, 1.165) is 29.7 Å². The molecule has 0 unspecified atom stereocenters. The van der Waals surface area contributed by atoms with Gasteiger partial charge in [0.25, 0.3) is 5.91 Å². The summed E-state index contributed by atoms with van der Waals surface area (Å²) in [4.78, 5) is 50.7. The second kappa shape index (κ2) is 7.62. The molecule has 0 aromatic heterocycles. The SMILES string of the molecule is C[C@@H](OC(=O)CN1C(=O)Cc2ccccc2C1=O)C(=O)c1ccc2c(c1)CCC2. The van der Waals surface area contributed by atoms with Gasteiger partial charge in [-0.2, -0.15) is 0 Å². The number of Topliss-reactive ketones (excluding diaryl/α,β-unsaturated/α-hetero) is 1. The molecule has 1 atom stereocenters. The minimum atomic E-state index is -0.996. The molecule has 148 valence electrons. The van der Waals surface area contributed by atoms with Gasteiger partial charge in [0, 0.05) is 11.1 Å². The number of hydrogen-bond acceptors (Lipinski definition) is 5. The van der Waals surface area contributed by atoms with Crippen molar-refractivity contribution in [2.24, 2.45) is 0 Å². The number of fused-ring (bicyclic) bond motifs is 2. The number of ether oxygens (including phenoxy) is 1. The highest BCUT2D eigenvalue weighted by Crippen LogP contribution is 2.24. The summed E-state index contributed by atoms with van der Waals surface area (Å²) < 4.78 is 5.24. The van der Waals surface area contributed by atoms with E-state index in [4.69, 9.17) is 4.74 Å². The number of aryl methyl sites for hydroxylation is 2. The number of rotatable bonds is 5. The molecule has 29 heavy (non-hydrogen) atoms. The monoisotopic (exact) mass is 391 g/mol. The Morgan fingerprint density at radius 1 is 1.03 bits per heavy atom. The minimum absolute atomic E-state index is 0.0544. The Balaban J connectivity index is 1.41. The molecule has 0 radical (unpaired) electrons. The molecule has 1 aliphatic heterocycles. The molecular weight excluding hydrogens is 370 g/mol. The van der Waals surface area contributed by atoms with Crippen LogP contribution >= 0.6 is 0 Å². The molecular formula is C23H21NO5. The highest BCUT2D eigenvalue weighted by atomic mass is 16.5. The van der Waals surface area contributed by atoms with E-state index < -0.39 is 30.4 Å². The Kier molecular flexibility index (Phi) is 5.01. The van der Waals surface area contributed by atoms with E-state index in [-0.39, 0.29) is 12.2 Å². The molecule has 2 aromatic rings. The highest BCUT2D eigenvalue weighted by Gasteiger charge is 2.33. The van der Waals surface area contributed by atoms with Gasteiger partial charge in [0.05, 0.1) is 6.42 Å². The summed E-state index contributed by atoms with van der Waals surface area (Å²) in [5, 5.41) is 0. The smallest absolute Gasteiger partial charge is 0.326 e. The number of amides is 2. The number of esters is 1. The molecule has 0 spiro atoms. The van der Waals surface area contributed by atoms with Gasteiger partial charge in [-0.3, -0.25) is 24.1 Å². The number of nitrogens with zero attached hydrogens (tertiary/aromatic N) is 1. The van der Waals surface area contributed by atoms with Crippen molar-refractivity contribution in [3.05, 3.63) is 70.3 Å². The van der Waals surface area contributed by atoms with Crippen LogP contribution in [0.25, 0.3) is 0 Å². The Morgan fingerprint density at radius 2 is 1.79 bits per heavy atom. The highest BCUT2D eigenvalue weighted by molar-refractivity contribution is 6.11. The minimum Gasteiger partial charge on any atom is -0.453 e.